The van der Waals surface area contributed by atoms with Crippen molar-refractivity contribution in [2.75, 3.05) is 0 Å². The van der Waals surface area contributed by atoms with Gasteiger partial charge in [-0.25, -0.2) is 0 Å². The van der Waals surface area contributed by atoms with E-state index in [1.165, 1.54) is 0 Å². The predicted octanol–water partition coefficient (Wildman–Crippen LogP) is 1.77. The number of carbonyl (C=O) groups is 1. The number of rotatable bonds is 2. The van der Waals surface area contributed by atoms with E-state index in [1.54, 1.807) is 18.2 Å². The second-order valence-corrected chi connectivity index (χ2v) is 3.07. The lowest BCUT2D eigenvalue weighted by molar-refractivity contribution is -0.107. The second-order valence-electron chi connectivity index (χ2n) is 2.63. The monoisotopic (exact) mass is 208 g/mol. The minimum absolute atomic E-state index is 0.105. The smallest absolute Gasteiger partial charge is 0.131 e. The minimum Gasteiger partial charge on any atom is -0.392 e. The summed E-state index contributed by atoms with van der Waals surface area (Å²) in [5.41, 5.74) is 1.38. The van der Waals surface area contributed by atoms with Crippen LogP contribution in [0.1, 0.15) is 17.5 Å². The van der Waals surface area contributed by atoms with E-state index in [2.05, 4.69) is 11.8 Å². The summed E-state index contributed by atoms with van der Waals surface area (Å²) in [7, 11) is 0. The van der Waals surface area contributed by atoms with Crippen LogP contribution in [0.15, 0.2) is 18.2 Å². The highest BCUT2D eigenvalue weighted by Crippen LogP contribution is 2.15. The van der Waals surface area contributed by atoms with E-state index in [0.29, 0.717) is 16.1 Å². The van der Waals surface area contributed by atoms with E-state index >= 15 is 0 Å². The standard InChI is InChI=1S/C11H9ClO2/c12-11-5-4-9(3-1-2-6-13)10(7-11)8-14/h4-7,14H,2,8H2. The number of carbonyl (C=O) groups excluding carboxylic acids is 1. The molecule has 0 spiro atoms. The first kappa shape index (κ1) is 10.8. The topological polar surface area (TPSA) is 37.3 Å². The molecule has 1 rings (SSSR count). The van der Waals surface area contributed by atoms with Gasteiger partial charge in [0.15, 0.2) is 0 Å². The molecule has 2 nitrogen and oxygen atoms in total. The number of halogens is 1. The molecule has 0 aliphatic rings. The molecule has 0 heterocycles. The highest BCUT2D eigenvalue weighted by Gasteiger charge is 1.98. The molecule has 0 atom stereocenters. The Labute approximate surface area is 87.5 Å². The maximum atomic E-state index is 10.0. The van der Waals surface area contributed by atoms with Crippen LogP contribution >= 0.6 is 11.6 Å². The van der Waals surface area contributed by atoms with Crippen molar-refractivity contribution in [2.45, 2.75) is 13.0 Å². The predicted molar refractivity (Wildman–Crippen MR) is 54.9 cm³/mol. The lowest BCUT2D eigenvalue weighted by Gasteiger charge is -2.00. The molecule has 0 saturated heterocycles. The summed E-state index contributed by atoms with van der Waals surface area (Å²) in [6.07, 6.45) is 0.940. The minimum atomic E-state index is -0.105. The Hall–Kier alpha value is -1.30. The zero-order chi connectivity index (χ0) is 10.4. The summed E-state index contributed by atoms with van der Waals surface area (Å²) in [6, 6.07) is 5.09. The quantitative estimate of drug-likeness (QED) is 0.594. The van der Waals surface area contributed by atoms with Crippen molar-refractivity contribution in [3.05, 3.63) is 34.3 Å². The fourth-order valence-corrected chi connectivity index (χ4v) is 1.20. The molecule has 0 amide bonds. The van der Waals surface area contributed by atoms with Crippen LogP contribution in [0.2, 0.25) is 5.02 Å². The molecule has 0 aromatic heterocycles. The van der Waals surface area contributed by atoms with E-state index in [1.807, 2.05) is 0 Å². The van der Waals surface area contributed by atoms with Gasteiger partial charge in [-0.05, 0) is 23.8 Å². The average Bonchev–Trinajstić information content (AvgIpc) is 2.20. The molecular formula is C11H9ClO2. The summed E-state index contributed by atoms with van der Waals surface area (Å²) >= 11 is 5.74. The summed E-state index contributed by atoms with van der Waals surface area (Å²) in [5.74, 6) is 5.47. The molecule has 0 unspecified atom stereocenters. The van der Waals surface area contributed by atoms with Gasteiger partial charge < -0.3 is 9.90 Å². The lowest BCUT2D eigenvalue weighted by Crippen LogP contribution is -1.88. The van der Waals surface area contributed by atoms with E-state index in [0.717, 1.165) is 6.29 Å². The summed E-state index contributed by atoms with van der Waals surface area (Å²) in [5, 5.41) is 9.57. The third kappa shape index (κ3) is 2.88. The first-order chi connectivity index (χ1) is 6.77. The van der Waals surface area contributed by atoms with E-state index in [4.69, 9.17) is 16.7 Å². The molecule has 14 heavy (non-hydrogen) atoms. The SMILES string of the molecule is O=CCC#Cc1ccc(Cl)cc1CO. The van der Waals surface area contributed by atoms with Gasteiger partial charge in [-0.3, -0.25) is 0 Å². The Morgan fingerprint density at radius 2 is 2.29 bits per heavy atom. The van der Waals surface area contributed by atoms with Crippen molar-refractivity contribution < 1.29 is 9.90 Å². The Balaban J connectivity index is 2.97. The van der Waals surface area contributed by atoms with Crippen molar-refractivity contribution >= 4 is 17.9 Å². The molecule has 1 aromatic rings. The van der Waals surface area contributed by atoms with Crippen molar-refractivity contribution in [2.24, 2.45) is 0 Å². The third-order valence-corrected chi connectivity index (χ3v) is 1.88. The van der Waals surface area contributed by atoms with Crippen LogP contribution in [-0.4, -0.2) is 11.4 Å². The summed E-state index contributed by atoms with van der Waals surface area (Å²) in [6.45, 7) is -0.105. The van der Waals surface area contributed by atoms with Gasteiger partial charge in [-0.2, -0.15) is 0 Å². The summed E-state index contributed by atoms with van der Waals surface area (Å²) in [4.78, 5) is 10.0. The van der Waals surface area contributed by atoms with Gasteiger partial charge in [0.05, 0.1) is 13.0 Å². The Morgan fingerprint density at radius 1 is 1.50 bits per heavy atom. The van der Waals surface area contributed by atoms with Crippen molar-refractivity contribution in [1.29, 1.82) is 0 Å². The molecule has 3 heteroatoms. The average molecular weight is 209 g/mol. The first-order valence-electron chi connectivity index (χ1n) is 4.09. The largest absolute Gasteiger partial charge is 0.392 e. The molecule has 1 N–H and O–H groups in total. The third-order valence-electron chi connectivity index (χ3n) is 1.65. The number of aldehydes is 1. The van der Waals surface area contributed by atoms with Crippen LogP contribution in [0.3, 0.4) is 0 Å². The summed E-state index contributed by atoms with van der Waals surface area (Å²) < 4.78 is 0. The van der Waals surface area contributed by atoms with Gasteiger partial charge >= 0.3 is 0 Å². The first-order valence-corrected chi connectivity index (χ1v) is 4.47. The number of benzene rings is 1. The van der Waals surface area contributed by atoms with E-state index in [9.17, 15) is 4.79 Å². The maximum absolute atomic E-state index is 10.0. The maximum Gasteiger partial charge on any atom is 0.131 e. The van der Waals surface area contributed by atoms with Crippen LogP contribution in [0.4, 0.5) is 0 Å². The fraction of sp³-hybridized carbons (Fsp3) is 0.182. The van der Waals surface area contributed by atoms with Crippen molar-refractivity contribution in [3.8, 4) is 11.8 Å². The molecular weight excluding hydrogens is 200 g/mol. The molecule has 0 aliphatic heterocycles. The van der Waals surface area contributed by atoms with Gasteiger partial charge in [0.25, 0.3) is 0 Å². The van der Waals surface area contributed by atoms with E-state index < -0.39 is 0 Å². The normalized spacial score (nSPS) is 9.00. The van der Waals surface area contributed by atoms with Crippen molar-refractivity contribution in [3.63, 3.8) is 0 Å². The number of hydrogen-bond donors (Lipinski definition) is 1. The number of aliphatic hydroxyl groups excluding tert-OH is 1. The van der Waals surface area contributed by atoms with Crippen molar-refractivity contribution in [1.82, 2.24) is 0 Å². The zero-order valence-electron chi connectivity index (χ0n) is 7.46. The van der Waals surface area contributed by atoms with Crippen LogP contribution < -0.4 is 0 Å². The Bertz CT molecular complexity index is 388. The van der Waals surface area contributed by atoms with Gasteiger partial charge in [-0.15, -0.1) is 0 Å². The molecule has 0 radical (unpaired) electrons. The van der Waals surface area contributed by atoms with Gasteiger partial charge in [0.2, 0.25) is 0 Å². The van der Waals surface area contributed by atoms with Crippen LogP contribution in [0.25, 0.3) is 0 Å². The van der Waals surface area contributed by atoms with Gasteiger partial charge in [-0.1, -0.05) is 23.4 Å². The second kappa shape index (κ2) is 5.43. The highest BCUT2D eigenvalue weighted by molar-refractivity contribution is 6.30. The lowest BCUT2D eigenvalue weighted by atomic mass is 10.1. The number of hydrogen-bond acceptors (Lipinski definition) is 2. The fourth-order valence-electron chi connectivity index (χ4n) is 1.00. The molecule has 72 valence electrons. The molecule has 0 aliphatic carbocycles. The molecule has 0 saturated carbocycles. The molecule has 1 aromatic carbocycles. The zero-order valence-corrected chi connectivity index (χ0v) is 8.21. The van der Waals surface area contributed by atoms with Crippen LogP contribution in [-0.2, 0) is 11.4 Å². The molecule has 0 bridgehead atoms. The highest BCUT2D eigenvalue weighted by atomic mass is 35.5. The van der Waals surface area contributed by atoms with E-state index in [-0.39, 0.29) is 13.0 Å². The van der Waals surface area contributed by atoms with Gasteiger partial charge in [0, 0.05) is 10.6 Å². The number of aliphatic hydroxyl groups is 1. The van der Waals surface area contributed by atoms with Gasteiger partial charge in [0.1, 0.15) is 6.29 Å². The Morgan fingerprint density at radius 3 is 2.93 bits per heavy atom. The molecule has 0 fully saturated rings. The Kier molecular flexibility index (Phi) is 4.18. The van der Waals surface area contributed by atoms with Crippen LogP contribution in [0, 0.1) is 11.8 Å². The van der Waals surface area contributed by atoms with Crippen LogP contribution in [0.5, 0.6) is 0 Å².